The summed E-state index contributed by atoms with van der Waals surface area (Å²) < 4.78 is 10.7. The topological polar surface area (TPSA) is 110 Å². The van der Waals surface area contributed by atoms with E-state index in [9.17, 15) is 14.4 Å². The fraction of sp³-hybridized carbons (Fsp3) is 0.250. The lowest BCUT2D eigenvalue weighted by Crippen LogP contribution is -2.47. The molecule has 4 amide bonds. The summed E-state index contributed by atoms with van der Waals surface area (Å²) in [6.07, 6.45) is 2.15. The van der Waals surface area contributed by atoms with Gasteiger partial charge in [-0.05, 0) is 48.6 Å². The van der Waals surface area contributed by atoms with Crippen molar-refractivity contribution in [2.75, 3.05) is 18.7 Å². The first-order chi connectivity index (χ1) is 16.5. The molecule has 0 radical (unpaired) electrons. The minimum absolute atomic E-state index is 0.187. The van der Waals surface area contributed by atoms with Gasteiger partial charge in [0.2, 0.25) is 12.7 Å². The number of fused-ring (bicyclic) bond motifs is 3. The highest BCUT2D eigenvalue weighted by atomic mass is 32.1. The van der Waals surface area contributed by atoms with Crippen LogP contribution in [0.2, 0.25) is 0 Å². The molecule has 2 aliphatic heterocycles. The Hall–Kier alpha value is -3.92. The molecule has 6 rings (SSSR count). The number of nitrogens with one attached hydrogen (secondary N) is 2. The number of imide groups is 1. The highest BCUT2D eigenvalue weighted by Crippen LogP contribution is 2.40. The monoisotopic (exact) mass is 476 g/mol. The number of aryl methyl sites for hydroxylation is 1. The maximum atomic E-state index is 13.4. The molecule has 10 heteroatoms. The quantitative estimate of drug-likeness (QED) is 0.560. The van der Waals surface area contributed by atoms with E-state index in [0.29, 0.717) is 28.7 Å². The van der Waals surface area contributed by atoms with Gasteiger partial charge in [0.15, 0.2) is 16.6 Å². The number of rotatable bonds is 4. The van der Waals surface area contributed by atoms with E-state index in [1.165, 1.54) is 11.3 Å². The fourth-order valence-corrected chi connectivity index (χ4v) is 5.51. The normalized spacial score (nSPS) is 20.4. The summed E-state index contributed by atoms with van der Waals surface area (Å²) in [5, 5.41) is 7.76. The standard InChI is InChI=1S/C24H20N4O5S/c29-20(26-22-25-17(12-34-22)15-7-8-18-19(10-15)33-13-32-18)11-28-21(30)24(27-23(28)31)9-3-5-14-4-1-2-6-16(14)24/h1-2,4,6-8,10,12H,3,5,9,11,13H2,(H,27,31)(H,25,26,29). The second-order valence-electron chi connectivity index (χ2n) is 8.39. The van der Waals surface area contributed by atoms with Crippen molar-refractivity contribution in [3.05, 3.63) is 59.0 Å². The third-order valence-electron chi connectivity index (χ3n) is 6.37. The smallest absolute Gasteiger partial charge is 0.325 e. The minimum Gasteiger partial charge on any atom is -0.454 e. The first-order valence-electron chi connectivity index (χ1n) is 10.9. The Morgan fingerprint density at radius 1 is 1.18 bits per heavy atom. The van der Waals surface area contributed by atoms with Crippen LogP contribution in [0.4, 0.5) is 9.93 Å². The van der Waals surface area contributed by atoms with Gasteiger partial charge in [-0.2, -0.15) is 0 Å². The first-order valence-corrected chi connectivity index (χ1v) is 11.8. The van der Waals surface area contributed by atoms with Crippen LogP contribution in [0.25, 0.3) is 11.3 Å². The molecule has 3 aromatic rings. The maximum absolute atomic E-state index is 13.4. The summed E-state index contributed by atoms with van der Waals surface area (Å²) >= 11 is 1.26. The van der Waals surface area contributed by atoms with Gasteiger partial charge < -0.3 is 20.1 Å². The van der Waals surface area contributed by atoms with Crippen molar-refractivity contribution in [1.29, 1.82) is 0 Å². The highest BCUT2D eigenvalue weighted by molar-refractivity contribution is 7.14. The molecule has 1 aromatic heterocycles. The number of benzene rings is 2. The second-order valence-corrected chi connectivity index (χ2v) is 9.25. The number of hydrogen-bond acceptors (Lipinski definition) is 7. The van der Waals surface area contributed by atoms with Crippen molar-refractivity contribution in [2.24, 2.45) is 0 Å². The SMILES string of the molecule is O=C(CN1C(=O)NC2(CCCc3ccccc32)C1=O)Nc1nc(-c2ccc3c(c2)OCO3)cs1. The molecular formula is C24H20N4O5S. The minimum atomic E-state index is -1.10. The van der Waals surface area contributed by atoms with Gasteiger partial charge in [0.25, 0.3) is 5.91 Å². The number of thiazole rings is 1. The van der Waals surface area contributed by atoms with Crippen molar-refractivity contribution in [1.82, 2.24) is 15.2 Å². The zero-order chi connectivity index (χ0) is 23.3. The third-order valence-corrected chi connectivity index (χ3v) is 7.13. The van der Waals surface area contributed by atoms with Crippen LogP contribution >= 0.6 is 11.3 Å². The third kappa shape index (κ3) is 3.29. The molecule has 0 bridgehead atoms. The Kier molecular flexibility index (Phi) is 4.77. The van der Waals surface area contributed by atoms with Gasteiger partial charge in [-0.1, -0.05) is 24.3 Å². The molecule has 3 aliphatic rings. The van der Waals surface area contributed by atoms with E-state index in [-0.39, 0.29) is 19.2 Å². The highest BCUT2D eigenvalue weighted by Gasteiger charge is 2.54. The van der Waals surface area contributed by atoms with E-state index in [1.807, 2.05) is 47.8 Å². The van der Waals surface area contributed by atoms with E-state index in [2.05, 4.69) is 15.6 Å². The number of hydrogen-bond donors (Lipinski definition) is 2. The van der Waals surface area contributed by atoms with Gasteiger partial charge in [0.05, 0.1) is 5.69 Å². The van der Waals surface area contributed by atoms with E-state index >= 15 is 0 Å². The number of anilines is 1. The van der Waals surface area contributed by atoms with Crippen LogP contribution in [0.1, 0.15) is 24.0 Å². The van der Waals surface area contributed by atoms with Gasteiger partial charge in [0.1, 0.15) is 12.1 Å². The van der Waals surface area contributed by atoms with Crippen LogP contribution in [-0.2, 0) is 21.5 Å². The molecule has 1 saturated heterocycles. The van der Waals surface area contributed by atoms with Gasteiger partial charge in [-0.3, -0.25) is 14.5 Å². The summed E-state index contributed by atoms with van der Waals surface area (Å²) in [4.78, 5) is 44.2. The summed E-state index contributed by atoms with van der Waals surface area (Å²) in [5.74, 6) is 0.448. The number of amides is 4. The molecule has 1 atom stereocenters. The van der Waals surface area contributed by atoms with E-state index in [1.54, 1.807) is 0 Å². The summed E-state index contributed by atoms with van der Waals surface area (Å²) in [7, 11) is 0. The van der Waals surface area contributed by atoms with Crippen LogP contribution < -0.4 is 20.1 Å². The Morgan fingerprint density at radius 3 is 2.94 bits per heavy atom. The average molecular weight is 477 g/mol. The first kappa shape index (κ1) is 20.7. The van der Waals surface area contributed by atoms with Crippen molar-refractivity contribution in [3.63, 3.8) is 0 Å². The molecule has 1 aliphatic carbocycles. The van der Waals surface area contributed by atoms with Crippen molar-refractivity contribution in [3.8, 4) is 22.8 Å². The largest absolute Gasteiger partial charge is 0.454 e. The van der Waals surface area contributed by atoms with E-state index < -0.39 is 17.5 Å². The van der Waals surface area contributed by atoms with Crippen molar-refractivity contribution >= 4 is 34.3 Å². The average Bonchev–Trinajstić information content (AvgIpc) is 3.55. The van der Waals surface area contributed by atoms with Gasteiger partial charge >= 0.3 is 6.03 Å². The van der Waals surface area contributed by atoms with E-state index in [4.69, 9.17) is 9.47 Å². The molecule has 172 valence electrons. The molecule has 0 saturated carbocycles. The predicted octanol–water partition coefficient (Wildman–Crippen LogP) is 3.26. The lowest BCUT2D eigenvalue weighted by Gasteiger charge is -2.33. The molecule has 1 fully saturated rings. The second kappa shape index (κ2) is 7.84. The number of carbonyl (C=O) groups is 3. The van der Waals surface area contributed by atoms with Crippen LogP contribution in [0.15, 0.2) is 47.8 Å². The van der Waals surface area contributed by atoms with Crippen molar-refractivity contribution in [2.45, 2.75) is 24.8 Å². The Balaban J connectivity index is 1.16. The summed E-state index contributed by atoms with van der Waals surface area (Å²) in [5.41, 5.74) is 2.27. The maximum Gasteiger partial charge on any atom is 0.325 e. The van der Waals surface area contributed by atoms with Crippen LogP contribution in [0.3, 0.4) is 0 Å². The lowest BCUT2D eigenvalue weighted by molar-refractivity contribution is -0.134. The van der Waals surface area contributed by atoms with Crippen LogP contribution in [-0.4, -0.2) is 41.1 Å². The lowest BCUT2D eigenvalue weighted by atomic mass is 9.76. The molecule has 2 aromatic carbocycles. The number of urea groups is 1. The van der Waals surface area contributed by atoms with Crippen LogP contribution in [0.5, 0.6) is 11.5 Å². The van der Waals surface area contributed by atoms with Gasteiger partial charge in [-0.25, -0.2) is 9.78 Å². The van der Waals surface area contributed by atoms with Gasteiger partial charge in [0, 0.05) is 10.9 Å². The molecule has 1 spiro atoms. The molecule has 34 heavy (non-hydrogen) atoms. The Bertz CT molecular complexity index is 1340. The van der Waals surface area contributed by atoms with Crippen LogP contribution in [0, 0.1) is 0 Å². The van der Waals surface area contributed by atoms with Crippen molar-refractivity contribution < 1.29 is 23.9 Å². The number of aromatic nitrogens is 1. The zero-order valence-corrected chi connectivity index (χ0v) is 18.8. The fourth-order valence-electron chi connectivity index (χ4n) is 4.78. The molecular weight excluding hydrogens is 456 g/mol. The Labute approximate surface area is 198 Å². The number of ether oxygens (including phenoxy) is 2. The number of carbonyl (C=O) groups excluding carboxylic acids is 3. The molecule has 9 nitrogen and oxygen atoms in total. The molecule has 3 heterocycles. The molecule has 2 N–H and O–H groups in total. The molecule has 1 unspecified atom stereocenters. The number of nitrogens with zero attached hydrogens (tertiary/aromatic N) is 2. The zero-order valence-electron chi connectivity index (χ0n) is 18.0. The van der Waals surface area contributed by atoms with Gasteiger partial charge in [-0.15, -0.1) is 11.3 Å². The Morgan fingerprint density at radius 2 is 2.03 bits per heavy atom. The predicted molar refractivity (Wildman–Crippen MR) is 124 cm³/mol. The summed E-state index contributed by atoms with van der Waals surface area (Å²) in [6.45, 7) is -0.194. The van der Waals surface area contributed by atoms with E-state index in [0.717, 1.165) is 34.4 Å². The summed E-state index contributed by atoms with van der Waals surface area (Å²) in [6, 6.07) is 12.6.